The zero-order valence-electron chi connectivity index (χ0n) is 19.6. The second kappa shape index (κ2) is 9.72. The van der Waals surface area contributed by atoms with Crippen molar-refractivity contribution < 1.29 is 19.0 Å². The molecule has 1 aromatic carbocycles. The van der Waals surface area contributed by atoms with Crippen LogP contribution in [0.5, 0.6) is 17.2 Å². The third-order valence-corrected chi connectivity index (χ3v) is 6.32. The van der Waals surface area contributed by atoms with E-state index in [9.17, 15) is 9.90 Å². The minimum Gasteiger partial charge on any atom is -0.507 e. The number of piperazine rings is 1. The number of ether oxygens (including phenoxy) is 2. The number of benzene rings is 1. The molecule has 1 saturated heterocycles. The van der Waals surface area contributed by atoms with Gasteiger partial charge in [0, 0.05) is 31.9 Å². The Hall–Kier alpha value is -3.23. The van der Waals surface area contributed by atoms with E-state index in [0.29, 0.717) is 35.1 Å². The summed E-state index contributed by atoms with van der Waals surface area (Å²) in [6.45, 7) is 5.39. The van der Waals surface area contributed by atoms with Crippen LogP contribution in [0.2, 0.25) is 0 Å². The Morgan fingerprint density at radius 2 is 1.79 bits per heavy atom. The summed E-state index contributed by atoms with van der Waals surface area (Å²) in [5, 5.41) is 11.0. The molecule has 1 fully saturated rings. The van der Waals surface area contributed by atoms with E-state index in [-0.39, 0.29) is 11.3 Å². The fourth-order valence-electron chi connectivity index (χ4n) is 4.44. The number of furan rings is 1. The normalized spacial score (nSPS) is 16.0. The number of hydrogen-bond donors (Lipinski definition) is 1. The summed E-state index contributed by atoms with van der Waals surface area (Å²) in [4.78, 5) is 18.3. The standard InChI is InChI=1S/C25H31N3O5/c1-17-14-20(29)23(25(30)28(17)16-19-6-5-13-33-19)24(27-11-9-26(2)10-12-27)18-7-8-21(31-3)22(15-18)32-4/h5-8,13-15,24,29H,9-12,16H2,1-4H3. The molecule has 1 unspecified atom stereocenters. The molecule has 1 aliphatic heterocycles. The summed E-state index contributed by atoms with van der Waals surface area (Å²) in [5.41, 5.74) is 1.65. The minimum atomic E-state index is -0.436. The van der Waals surface area contributed by atoms with Gasteiger partial charge in [0.25, 0.3) is 5.56 Å². The molecule has 1 N–H and O–H groups in total. The fraction of sp³-hybridized carbons (Fsp3) is 0.400. The second-order valence-electron chi connectivity index (χ2n) is 8.41. The zero-order valence-corrected chi connectivity index (χ0v) is 19.6. The molecule has 0 amide bonds. The van der Waals surface area contributed by atoms with Gasteiger partial charge < -0.3 is 28.5 Å². The van der Waals surface area contributed by atoms with E-state index in [1.54, 1.807) is 37.2 Å². The number of aryl methyl sites for hydroxylation is 1. The van der Waals surface area contributed by atoms with Crippen LogP contribution in [0.3, 0.4) is 0 Å². The van der Waals surface area contributed by atoms with Gasteiger partial charge in [0.1, 0.15) is 11.5 Å². The summed E-state index contributed by atoms with van der Waals surface area (Å²) in [7, 11) is 5.27. The van der Waals surface area contributed by atoms with Crippen LogP contribution in [0.1, 0.15) is 28.6 Å². The monoisotopic (exact) mass is 453 g/mol. The molecule has 8 heteroatoms. The van der Waals surface area contributed by atoms with Crippen molar-refractivity contribution in [2.75, 3.05) is 47.4 Å². The molecule has 1 aliphatic rings. The van der Waals surface area contributed by atoms with Crippen LogP contribution in [0, 0.1) is 6.92 Å². The number of pyridine rings is 1. The molecular weight excluding hydrogens is 422 g/mol. The van der Waals surface area contributed by atoms with Crippen molar-refractivity contribution in [3.63, 3.8) is 0 Å². The van der Waals surface area contributed by atoms with E-state index in [4.69, 9.17) is 13.9 Å². The Morgan fingerprint density at radius 1 is 1.06 bits per heavy atom. The molecule has 0 aliphatic carbocycles. The number of nitrogens with zero attached hydrogens (tertiary/aromatic N) is 3. The molecule has 176 valence electrons. The Balaban J connectivity index is 1.86. The number of methoxy groups -OCH3 is 2. The Labute approximate surface area is 193 Å². The Bertz CT molecular complexity index is 1150. The topological polar surface area (TPSA) is 80.3 Å². The first-order valence-electron chi connectivity index (χ1n) is 11.0. The molecule has 3 aromatic rings. The Kier molecular flexibility index (Phi) is 6.76. The van der Waals surface area contributed by atoms with E-state index in [1.165, 1.54) is 0 Å². The maximum atomic E-state index is 13.8. The Morgan fingerprint density at radius 3 is 2.42 bits per heavy atom. The van der Waals surface area contributed by atoms with Crippen LogP contribution < -0.4 is 15.0 Å². The molecule has 8 nitrogen and oxygen atoms in total. The fourth-order valence-corrected chi connectivity index (χ4v) is 4.44. The lowest BCUT2D eigenvalue weighted by molar-refractivity contribution is 0.125. The van der Waals surface area contributed by atoms with Gasteiger partial charge in [0.05, 0.1) is 38.6 Å². The van der Waals surface area contributed by atoms with Gasteiger partial charge in [-0.2, -0.15) is 0 Å². The van der Waals surface area contributed by atoms with E-state index >= 15 is 0 Å². The number of likely N-dealkylation sites (N-methyl/N-ethyl adjacent to an activating group) is 1. The lowest BCUT2D eigenvalue weighted by Gasteiger charge is -2.38. The highest BCUT2D eigenvalue weighted by Crippen LogP contribution is 2.37. The second-order valence-corrected chi connectivity index (χ2v) is 8.41. The van der Waals surface area contributed by atoms with Crippen molar-refractivity contribution in [1.82, 2.24) is 14.4 Å². The highest BCUT2D eigenvalue weighted by molar-refractivity contribution is 5.48. The molecule has 0 bridgehead atoms. The minimum absolute atomic E-state index is 0.00749. The molecule has 4 rings (SSSR count). The summed E-state index contributed by atoms with van der Waals surface area (Å²) >= 11 is 0. The predicted octanol–water partition coefficient (Wildman–Crippen LogP) is 2.86. The largest absolute Gasteiger partial charge is 0.507 e. The lowest BCUT2D eigenvalue weighted by Crippen LogP contribution is -2.47. The highest BCUT2D eigenvalue weighted by atomic mass is 16.5. The molecule has 0 radical (unpaired) electrons. The maximum Gasteiger partial charge on any atom is 0.260 e. The van der Waals surface area contributed by atoms with Gasteiger partial charge in [-0.3, -0.25) is 9.69 Å². The zero-order chi connectivity index (χ0) is 23.5. The molecule has 1 atom stereocenters. The van der Waals surface area contributed by atoms with Gasteiger partial charge >= 0.3 is 0 Å². The molecular formula is C25H31N3O5. The number of rotatable bonds is 7. The van der Waals surface area contributed by atoms with Crippen molar-refractivity contribution in [2.24, 2.45) is 0 Å². The average Bonchev–Trinajstić information content (AvgIpc) is 3.33. The maximum absolute atomic E-state index is 13.8. The van der Waals surface area contributed by atoms with E-state index in [0.717, 1.165) is 31.7 Å². The smallest absolute Gasteiger partial charge is 0.260 e. The van der Waals surface area contributed by atoms with E-state index in [1.807, 2.05) is 31.2 Å². The SMILES string of the molecule is COc1ccc(C(c2c(O)cc(C)n(Cc3ccco3)c2=O)N2CCN(C)CC2)cc1OC. The first-order valence-corrected chi connectivity index (χ1v) is 11.0. The molecule has 0 saturated carbocycles. The van der Waals surface area contributed by atoms with Crippen LogP contribution in [0.25, 0.3) is 0 Å². The summed E-state index contributed by atoms with van der Waals surface area (Å²) in [6, 6.07) is 10.5. The number of aromatic nitrogens is 1. The summed E-state index contributed by atoms with van der Waals surface area (Å²) in [6.07, 6.45) is 1.59. The molecule has 33 heavy (non-hydrogen) atoms. The van der Waals surface area contributed by atoms with Crippen LogP contribution in [-0.2, 0) is 6.54 Å². The van der Waals surface area contributed by atoms with Crippen molar-refractivity contribution in [1.29, 1.82) is 0 Å². The predicted molar refractivity (Wildman–Crippen MR) is 125 cm³/mol. The number of aromatic hydroxyl groups is 1. The van der Waals surface area contributed by atoms with E-state index in [2.05, 4.69) is 16.8 Å². The van der Waals surface area contributed by atoms with Crippen LogP contribution in [0.15, 0.2) is 51.9 Å². The van der Waals surface area contributed by atoms with Gasteiger partial charge in [-0.05, 0) is 49.9 Å². The lowest BCUT2D eigenvalue weighted by atomic mass is 9.95. The molecule has 0 spiro atoms. The van der Waals surface area contributed by atoms with E-state index < -0.39 is 6.04 Å². The van der Waals surface area contributed by atoms with Crippen molar-refractivity contribution >= 4 is 0 Å². The first-order chi connectivity index (χ1) is 15.9. The first kappa shape index (κ1) is 22.9. The number of hydrogen-bond acceptors (Lipinski definition) is 7. The van der Waals surface area contributed by atoms with Gasteiger partial charge in [0.2, 0.25) is 0 Å². The van der Waals surface area contributed by atoms with Crippen molar-refractivity contribution in [3.8, 4) is 17.2 Å². The summed E-state index contributed by atoms with van der Waals surface area (Å²) in [5.74, 6) is 1.87. The van der Waals surface area contributed by atoms with Gasteiger partial charge in [-0.25, -0.2) is 0 Å². The highest BCUT2D eigenvalue weighted by Gasteiger charge is 2.31. The average molecular weight is 454 g/mol. The van der Waals surface area contributed by atoms with Gasteiger partial charge in [-0.1, -0.05) is 6.07 Å². The summed E-state index contributed by atoms with van der Waals surface area (Å²) < 4.78 is 18.1. The van der Waals surface area contributed by atoms with Crippen molar-refractivity contribution in [2.45, 2.75) is 19.5 Å². The quantitative estimate of drug-likeness (QED) is 0.589. The third-order valence-electron chi connectivity index (χ3n) is 6.32. The van der Waals surface area contributed by atoms with Crippen LogP contribution in [-0.4, -0.2) is 66.9 Å². The van der Waals surface area contributed by atoms with Gasteiger partial charge in [0.15, 0.2) is 11.5 Å². The van der Waals surface area contributed by atoms with Crippen molar-refractivity contribution in [3.05, 3.63) is 75.6 Å². The van der Waals surface area contributed by atoms with Crippen LogP contribution >= 0.6 is 0 Å². The third kappa shape index (κ3) is 4.62. The van der Waals surface area contributed by atoms with Crippen LogP contribution in [0.4, 0.5) is 0 Å². The molecule has 3 heterocycles. The molecule has 2 aromatic heterocycles. The van der Waals surface area contributed by atoms with Gasteiger partial charge in [-0.15, -0.1) is 0 Å².